The molecule has 24 heavy (non-hydrogen) atoms. The minimum absolute atomic E-state index is 0.128. The average Bonchev–Trinajstić information content (AvgIpc) is 2.50. The molecule has 2 N–H and O–H groups in total. The van der Waals surface area contributed by atoms with Gasteiger partial charge in [0.1, 0.15) is 22.8 Å². The summed E-state index contributed by atoms with van der Waals surface area (Å²) in [5.41, 5.74) is -0.152. The first-order chi connectivity index (χ1) is 11.3. The topological polar surface area (TPSA) is 116 Å². The molecule has 0 unspecified atom stereocenters. The fraction of sp³-hybridized carbons (Fsp3) is 0.0667. The van der Waals surface area contributed by atoms with E-state index in [1.165, 1.54) is 12.1 Å². The third kappa shape index (κ3) is 4.70. The molecule has 0 aliphatic heterocycles. The van der Waals surface area contributed by atoms with Gasteiger partial charge in [-0.2, -0.15) is 13.7 Å². The maximum Gasteiger partial charge on any atom is 0.296 e. The van der Waals surface area contributed by atoms with Gasteiger partial charge in [0.25, 0.3) is 10.1 Å². The lowest BCUT2D eigenvalue weighted by molar-refractivity contribution is -0.115. The summed E-state index contributed by atoms with van der Waals surface area (Å²) in [4.78, 5) is 10.9. The van der Waals surface area contributed by atoms with E-state index in [0.29, 0.717) is 10.8 Å². The molecule has 0 bridgehead atoms. The lowest BCUT2D eigenvalue weighted by atomic mass is 10.3. The molecule has 0 saturated carbocycles. The third-order valence-corrected chi connectivity index (χ3v) is 3.94. The number of anilines is 1. The quantitative estimate of drug-likeness (QED) is 0.784. The highest BCUT2D eigenvalue weighted by Gasteiger charge is 2.18. The molecule has 9 heteroatoms. The molecule has 0 spiro atoms. The van der Waals surface area contributed by atoms with Crippen LogP contribution in [-0.4, -0.2) is 18.9 Å². The molecule has 0 fully saturated rings. The predicted molar refractivity (Wildman–Crippen MR) is 86.6 cm³/mol. The molecule has 0 heterocycles. The lowest BCUT2D eigenvalue weighted by Crippen LogP contribution is -2.13. The Hall–Kier alpha value is -2.60. The van der Waals surface area contributed by atoms with Crippen LogP contribution in [0, 0.1) is 11.3 Å². The Balaban J connectivity index is 2.34. The zero-order chi connectivity index (χ0) is 17.7. The van der Waals surface area contributed by atoms with Crippen LogP contribution >= 0.6 is 11.6 Å². The van der Waals surface area contributed by atoms with Crippen LogP contribution in [0.1, 0.15) is 6.42 Å². The molecule has 0 aliphatic rings. The molecule has 0 atom stereocenters. The van der Waals surface area contributed by atoms with Gasteiger partial charge in [0.15, 0.2) is 0 Å². The van der Waals surface area contributed by atoms with E-state index in [-0.39, 0.29) is 11.4 Å². The Morgan fingerprint density at radius 1 is 1.21 bits per heavy atom. The highest BCUT2D eigenvalue weighted by Crippen LogP contribution is 2.30. The van der Waals surface area contributed by atoms with E-state index in [1.807, 2.05) is 0 Å². The van der Waals surface area contributed by atoms with Gasteiger partial charge in [-0.05, 0) is 36.4 Å². The first kappa shape index (κ1) is 17.7. The zero-order valence-corrected chi connectivity index (χ0v) is 13.6. The van der Waals surface area contributed by atoms with E-state index < -0.39 is 27.3 Å². The highest BCUT2D eigenvalue weighted by molar-refractivity contribution is 7.86. The van der Waals surface area contributed by atoms with Gasteiger partial charge in [-0.3, -0.25) is 9.35 Å². The van der Waals surface area contributed by atoms with Crippen molar-refractivity contribution >= 4 is 33.3 Å². The van der Waals surface area contributed by atoms with Crippen LogP contribution in [0.25, 0.3) is 0 Å². The minimum Gasteiger partial charge on any atom is -0.457 e. The van der Waals surface area contributed by atoms with Crippen molar-refractivity contribution in [3.8, 4) is 17.6 Å². The van der Waals surface area contributed by atoms with E-state index in [1.54, 1.807) is 30.3 Å². The zero-order valence-electron chi connectivity index (χ0n) is 12.1. The monoisotopic (exact) mass is 366 g/mol. The van der Waals surface area contributed by atoms with Crippen LogP contribution in [0.15, 0.2) is 47.4 Å². The van der Waals surface area contributed by atoms with Crippen LogP contribution in [0.5, 0.6) is 11.5 Å². The summed E-state index contributed by atoms with van der Waals surface area (Å²) in [5.74, 6) is -0.168. The molecule has 124 valence electrons. The second-order valence-corrected chi connectivity index (χ2v) is 6.40. The van der Waals surface area contributed by atoms with Crippen LogP contribution in [-0.2, 0) is 14.9 Å². The summed E-state index contributed by atoms with van der Waals surface area (Å²) in [6.07, 6.45) is -0.450. The Morgan fingerprint density at radius 2 is 1.83 bits per heavy atom. The molecule has 0 radical (unpaired) electrons. The van der Waals surface area contributed by atoms with Gasteiger partial charge in [-0.25, -0.2) is 0 Å². The SMILES string of the molecule is N#CCC(=O)Nc1ccc(Oc2ccc(Cl)cc2)cc1S(=O)(=O)O. The molecule has 2 rings (SSSR count). The average molecular weight is 367 g/mol. The van der Waals surface area contributed by atoms with Gasteiger partial charge < -0.3 is 10.1 Å². The largest absolute Gasteiger partial charge is 0.457 e. The maximum atomic E-state index is 11.5. The van der Waals surface area contributed by atoms with E-state index in [9.17, 15) is 17.8 Å². The summed E-state index contributed by atoms with van der Waals surface area (Å²) >= 11 is 5.76. The Morgan fingerprint density at radius 3 is 2.42 bits per heavy atom. The van der Waals surface area contributed by atoms with Crippen LogP contribution < -0.4 is 10.1 Å². The second kappa shape index (κ2) is 7.31. The van der Waals surface area contributed by atoms with Gasteiger partial charge in [0, 0.05) is 11.1 Å². The number of halogens is 1. The number of carbonyl (C=O) groups is 1. The van der Waals surface area contributed by atoms with Gasteiger partial charge >= 0.3 is 0 Å². The van der Waals surface area contributed by atoms with E-state index in [0.717, 1.165) is 6.07 Å². The van der Waals surface area contributed by atoms with Crippen LogP contribution in [0.2, 0.25) is 5.02 Å². The molecule has 2 aromatic rings. The van der Waals surface area contributed by atoms with Crippen molar-refractivity contribution in [2.24, 2.45) is 0 Å². The smallest absolute Gasteiger partial charge is 0.296 e. The number of hydrogen-bond donors (Lipinski definition) is 2. The number of benzene rings is 2. The van der Waals surface area contributed by atoms with E-state index in [4.69, 9.17) is 21.6 Å². The molecule has 2 aromatic carbocycles. The number of amides is 1. The number of nitriles is 1. The Bertz CT molecular complexity index is 904. The molecular formula is C15H11ClN2O5S. The Labute approximate surface area is 143 Å². The van der Waals surface area contributed by atoms with Crippen LogP contribution in [0.3, 0.4) is 0 Å². The molecule has 0 saturated heterocycles. The number of ether oxygens (including phenoxy) is 1. The standard InChI is InChI=1S/C15H11ClN2O5S/c16-10-1-3-11(4-2-10)23-12-5-6-13(18-15(19)7-8-17)14(9-12)24(20,21)22/h1-6,9H,7H2,(H,18,19)(H,20,21,22). The number of hydrogen-bond acceptors (Lipinski definition) is 5. The number of nitrogens with one attached hydrogen (secondary N) is 1. The summed E-state index contributed by atoms with van der Waals surface area (Å²) in [6, 6.07) is 11.7. The highest BCUT2D eigenvalue weighted by atomic mass is 35.5. The van der Waals surface area contributed by atoms with Crippen molar-refractivity contribution < 1.29 is 22.5 Å². The minimum atomic E-state index is -4.61. The van der Waals surface area contributed by atoms with Crippen molar-refractivity contribution in [3.05, 3.63) is 47.5 Å². The maximum absolute atomic E-state index is 11.5. The normalized spacial score (nSPS) is 10.7. The summed E-state index contributed by atoms with van der Waals surface area (Å²) in [7, 11) is -4.61. The predicted octanol–water partition coefficient (Wildman–Crippen LogP) is 3.23. The van der Waals surface area contributed by atoms with E-state index >= 15 is 0 Å². The van der Waals surface area contributed by atoms with Crippen molar-refractivity contribution in [1.29, 1.82) is 5.26 Å². The molecule has 0 aliphatic carbocycles. The molecule has 0 aromatic heterocycles. The first-order valence-electron chi connectivity index (χ1n) is 6.51. The first-order valence-corrected chi connectivity index (χ1v) is 8.33. The van der Waals surface area contributed by atoms with Gasteiger partial charge in [0.2, 0.25) is 5.91 Å². The van der Waals surface area contributed by atoms with Gasteiger partial charge in [-0.15, -0.1) is 0 Å². The third-order valence-electron chi connectivity index (χ3n) is 2.79. The fourth-order valence-corrected chi connectivity index (χ4v) is 2.58. The number of carbonyl (C=O) groups excluding carboxylic acids is 1. The van der Waals surface area contributed by atoms with Crippen LogP contribution in [0.4, 0.5) is 5.69 Å². The second-order valence-electron chi connectivity index (χ2n) is 4.57. The van der Waals surface area contributed by atoms with Crippen molar-refractivity contribution in [2.45, 2.75) is 11.3 Å². The molecule has 1 amide bonds. The Kier molecular flexibility index (Phi) is 5.41. The van der Waals surface area contributed by atoms with Gasteiger partial charge in [0.05, 0.1) is 11.8 Å². The number of rotatable bonds is 5. The molecule has 7 nitrogen and oxygen atoms in total. The van der Waals surface area contributed by atoms with Crippen molar-refractivity contribution in [2.75, 3.05) is 5.32 Å². The summed E-state index contributed by atoms with van der Waals surface area (Å²) in [5, 5.41) is 11.2. The summed E-state index contributed by atoms with van der Waals surface area (Å²) in [6.45, 7) is 0. The van der Waals surface area contributed by atoms with E-state index in [2.05, 4.69) is 5.32 Å². The fourth-order valence-electron chi connectivity index (χ4n) is 1.79. The number of nitrogens with zero attached hydrogens (tertiary/aromatic N) is 1. The van der Waals surface area contributed by atoms with Crippen molar-refractivity contribution in [1.82, 2.24) is 0 Å². The summed E-state index contributed by atoms with van der Waals surface area (Å²) < 4.78 is 37.8. The van der Waals surface area contributed by atoms with Crippen molar-refractivity contribution in [3.63, 3.8) is 0 Å². The molecular weight excluding hydrogens is 356 g/mol. The van der Waals surface area contributed by atoms with Gasteiger partial charge in [-0.1, -0.05) is 11.6 Å². The lowest BCUT2D eigenvalue weighted by Gasteiger charge is -2.11.